The van der Waals surface area contributed by atoms with Gasteiger partial charge in [0, 0.05) is 13.1 Å². The first-order chi connectivity index (χ1) is 15.7. The molecule has 0 spiro atoms. The van der Waals surface area contributed by atoms with Gasteiger partial charge in [-0.1, -0.05) is 24.3 Å². The first kappa shape index (κ1) is 23.1. The van der Waals surface area contributed by atoms with Gasteiger partial charge >= 0.3 is 0 Å². The van der Waals surface area contributed by atoms with Crippen molar-refractivity contribution < 1.29 is 9.47 Å². The van der Waals surface area contributed by atoms with E-state index in [-0.39, 0.29) is 0 Å². The van der Waals surface area contributed by atoms with Crippen LogP contribution in [0.5, 0.6) is 11.5 Å². The van der Waals surface area contributed by atoms with E-state index in [1.165, 1.54) is 74.1 Å². The Morgan fingerprint density at radius 3 is 1.44 bits per heavy atom. The van der Waals surface area contributed by atoms with Gasteiger partial charge < -0.3 is 19.3 Å². The maximum absolute atomic E-state index is 6.19. The minimum absolute atomic E-state index is 0.778. The second-order valence-electron chi connectivity index (χ2n) is 9.36. The summed E-state index contributed by atoms with van der Waals surface area (Å²) in [6, 6.07) is 12.8. The van der Waals surface area contributed by atoms with Crippen LogP contribution in [-0.2, 0) is 0 Å². The van der Waals surface area contributed by atoms with E-state index in [4.69, 9.17) is 9.47 Å². The zero-order valence-corrected chi connectivity index (χ0v) is 20.1. The third kappa shape index (κ3) is 6.05. The number of benzene rings is 2. The molecule has 0 atom stereocenters. The molecule has 2 saturated heterocycles. The molecule has 0 N–H and O–H groups in total. The Balaban J connectivity index is 1.34. The van der Waals surface area contributed by atoms with Crippen molar-refractivity contribution >= 4 is 0 Å². The van der Waals surface area contributed by atoms with Crippen LogP contribution in [0.25, 0.3) is 11.1 Å². The van der Waals surface area contributed by atoms with Crippen LogP contribution in [0.3, 0.4) is 0 Å². The smallest absolute Gasteiger partial charge is 0.122 e. The summed E-state index contributed by atoms with van der Waals surface area (Å²) in [5, 5.41) is 0. The van der Waals surface area contributed by atoms with Crippen LogP contribution in [0.15, 0.2) is 36.4 Å². The first-order valence-corrected chi connectivity index (χ1v) is 12.6. The Labute approximate surface area is 194 Å². The molecule has 2 aromatic rings. The highest BCUT2D eigenvalue weighted by Gasteiger charge is 2.14. The largest absolute Gasteiger partial charge is 0.493 e. The molecule has 32 heavy (non-hydrogen) atoms. The van der Waals surface area contributed by atoms with Crippen molar-refractivity contribution in [3.05, 3.63) is 47.5 Å². The predicted octanol–water partition coefficient (Wildman–Crippen LogP) is 5.70. The molecule has 0 amide bonds. The third-order valence-corrected chi connectivity index (χ3v) is 7.01. The molecule has 4 nitrogen and oxygen atoms in total. The molecule has 2 aromatic carbocycles. The maximum Gasteiger partial charge on any atom is 0.122 e. The zero-order valence-electron chi connectivity index (χ0n) is 20.1. The Kier molecular flexibility index (Phi) is 8.47. The highest BCUT2D eigenvalue weighted by Crippen LogP contribution is 2.35. The molecule has 4 rings (SSSR count). The molecule has 4 heteroatoms. The fourth-order valence-electron chi connectivity index (χ4n) is 5.08. The molecule has 2 aliphatic rings. The van der Waals surface area contributed by atoms with Crippen molar-refractivity contribution in [2.45, 2.75) is 52.4 Å². The van der Waals surface area contributed by atoms with E-state index in [9.17, 15) is 0 Å². The van der Waals surface area contributed by atoms with Crippen LogP contribution in [-0.4, -0.2) is 62.3 Å². The van der Waals surface area contributed by atoms with Gasteiger partial charge in [-0.2, -0.15) is 0 Å². The van der Waals surface area contributed by atoms with Crippen molar-refractivity contribution in [2.24, 2.45) is 0 Å². The zero-order chi connectivity index (χ0) is 22.2. The highest BCUT2D eigenvalue weighted by atomic mass is 16.5. The Hall–Kier alpha value is -2.04. The van der Waals surface area contributed by atoms with Gasteiger partial charge in [0.1, 0.15) is 11.5 Å². The van der Waals surface area contributed by atoms with Gasteiger partial charge in [0.15, 0.2) is 0 Å². The van der Waals surface area contributed by atoms with Crippen molar-refractivity contribution in [1.82, 2.24) is 9.80 Å². The number of hydrogen-bond donors (Lipinski definition) is 0. The minimum atomic E-state index is 0.778. The lowest BCUT2D eigenvalue weighted by Crippen LogP contribution is -2.22. The summed E-state index contributed by atoms with van der Waals surface area (Å²) < 4.78 is 12.4. The van der Waals surface area contributed by atoms with Crippen LogP contribution >= 0.6 is 0 Å². The van der Waals surface area contributed by atoms with E-state index >= 15 is 0 Å². The molecular weight excluding hydrogens is 396 g/mol. The number of hydrogen-bond acceptors (Lipinski definition) is 4. The molecular formula is C28H40N2O2. The van der Waals surface area contributed by atoms with Crippen molar-refractivity contribution in [2.75, 3.05) is 52.5 Å². The summed E-state index contributed by atoms with van der Waals surface area (Å²) in [7, 11) is 0. The number of ether oxygens (including phenoxy) is 2. The van der Waals surface area contributed by atoms with Crippen LogP contribution in [0.4, 0.5) is 0 Å². The van der Waals surface area contributed by atoms with Crippen molar-refractivity contribution in [3.63, 3.8) is 0 Å². The lowest BCUT2D eigenvalue weighted by molar-refractivity contribution is 0.262. The normalized spacial score (nSPS) is 17.2. The number of nitrogens with zero attached hydrogens (tertiary/aromatic N) is 2. The minimum Gasteiger partial charge on any atom is -0.493 e. The van der Waals surface area contributed by atoms with Gasteiger partial charge in [-0.3, -0.25) is 0 Å². The van der Waals surface area contributed by atoms with Gasteiger partial charge in [-0.05, 0) is 113 Å². The molecule has 0 radical (unpaired) electrons. The van der Waals surface area contributed by atoms with Crippen molar-refractivity contribution in [3.8, 4) is 22.6 Å². The molecule has 0 aliphatic carbocycles. The van der Waals surface area contributed by atoms with E-state index in [0.29, 0.717) is 0 Å². The molecule has 2 fully saturated rings. The summed E-state index contributed by atoms with van der Waals surface area (Å²) in [6.07, 6.45) is 7.57. The average Bonchev–Trinajstić information content (AvgIpc) is 3.51. The van der Waals surface area contributed by atoms with E-state index in [2.05, 4.69) is 60.0 Å². The summed E-state index contributed by atoms with van der Waals surface area (Å²) in [5.74, 6) is 2.00. The molecule has 0 aromatic heterocycles. The van der Waals surface area contributed by atoms with E-state index in [1.54, 1.807) is 0 Å². The average molecular weight is 437 g/mol. The molecule has 2 aliphatic heterocycles. The predicted molar refractivity (Wildman–Crippen MR) is 133 cm³/mol. The summed E-state index contributed by atoms with van der Waals surface area (Å²) in [6.45, 7) is 13.2. The van der Waals surface area contributed by atoms with Crippen LogP contribution in [0, 0.1) is 13.8 Å². The lowest BCUT2D eigenvalue weighted by Gasteiger charge is -2.18. The van der Waals surface area contributed by atoms with Gasteiger partial charge in [-0.25, -0.2) is 0 Å². The molecule has 0 saturated carbocycles. The standard InChI is InChI=1S/C28H40N2O2/c1-23-25(11-7-13-27(23)31-21-9-19-29-15-3-4-16-29)26-12-8-14-28(24(26)2)32-22-10-20-30-17-5-6-18-30/h7-8,11-14H,3-6,9-10,15-22H2,1-2H3. The number of likely N-dealkylation sites (tertiary alicyclic amines) is 2. The fourth-order valence-corrected chi connectivity index (χ4v) is 5.08. The van der Waals surface area contributed by atoms with E-state index in [0.717, 1.165) is 50.6 Å². The van der Waals surface area contributed by atoms with E-state index in [1.807, 2.05) is 0 Å². The van der Waals surface area contributed by atoms with Crippen molar-refractivity contribution in [1.29, 1.82) is 0 Å². The molecule has 0 bridgehead atoms. The van der Waals surface area contributed by atoms with Crippen LogP contribution in [0.1, 0.15) is 49.7 Å². The fraction of sp³-hybridized carbons (Fsp3) is 0.571. The molecule has 2 heterocycles. The SMILES string of the molecule is Cc1c(OCCCN2CCCC2)cccc1-c1cccc(OCCCN2CCCC2)c1C. The van der Waals surface area contributed by atoms with Gasteiger partial charge in [0.05, 0.1) is 13.2 Å². The topological polar surface area (TPSA) is 24.9 Å². The highest BCUT2D eigenvalue weighted by molar-refractivity contribution is 5.74. The molecule has 0 unspecified atom stereocenters. The second-order valence-corrected chi connectivity index (χ2v) is 9.36. The van der Waals surface area contributed by atoms with E-state index < -0.39 is 0 Å². The first-order valence-electron chi connectivity index (χ1n) is 12.6. The van der Waals surface area contributed by atoms with Crippen LogP contribution in [0.2, 0.25) is 0 Å². The monoisotopic (exact) mass is 436 g/mol. The van der Waals surface area contributed by atoms with Crippen LogP contribution < -0.4 is 9.47 Å². The summed E-state index contributed by atoms with van der Waals surface area (Å²) in [5.41, 5.74) is 4.90. The van der Waals surface area contributed by atoms with Gasteiger partial charge in [0.25, 0.3) is 0 Å². The quantitative estimate of drug-likeness (QED) is 0.422. The maximum atomic E-state index is 6.19. The summed E-state index contributed by atoms with van der Waals surface area (Å²) in [4.78, 5) is 5.10. The Morgan fingerprint density at radius 2 is 1.03 bits per heavy atom. The molecule has 174 valence electrons. The second kappa shape index (κ2) is 11.7. The lowest BCUT2D eigenvalue weighted by atomic mass is 9.95. The Bertz CT molecular complexity index is 783. The number of rotatable bonds is 11. The summed E-state index contributed by atoms with van der Waals surface area (Å²) >= 11 is 0. The van der Waals surface area contributed by atoms with Gasteiger partial charge in [-0.15, -0.1) is 0 Å². The third-order valence-electron chi connectivity index (χ3n) is 7.01. The van der Waals surface area contributed by atoms with Gasteiger partial charge in [0.2, 0.25) is 0 Å². The Morgan fingerprint density at radius 1 is 0.625 bits per heavy atom.